The highest BCUT2D eigenvalue weighted by atomic mass is 16.7. The maximum absolute atomic E-state index is 12.3. The van der Waals surface area contributed by atoms with E-state index >= 15 is 0 Å². The van der Waals surface area contributed by atoms with Crippen molar-refractivity contribution < 1.29 is 28.7 Å². The molecular formula is C26H23NO6. The van der Waals surface area contributed by atoms with Crippen LogP contribution in [0.15, 0.2) is 78.9 Å². The summed E-state index contributed by atoms with van der Waals surface area (Å²) in [6, 6.07) is 24.6. The molecule has 168 valence electrons. The van der Waals surface area contributed by atoms with Gasteiger partial charge in [0.05, 0.1) is 6.42 Å². The fourth-order valence-electron chi connectivity index (χ4n) is 3.32. The molecule has 3 aromatic carbocycles. The third kappa shape index (κ3) is 5.98. The van der Waals surface area contributed by atoms with E-state index in [1.807, 2.05) is 60.7 Å². The SMILES string of the molecule is O=C(Cc1ccc(OCc2ccccc2)c(OCc2ccccc2)c1)ON1C(=O)CCC1=O. The molecule has 1 aliphatic heterocycles. The zero-order chi connectivity index (χ0) is 23.0. The Morgan fingerprint density at radius 2 is 1.24 bits per heavy atom. The predicted molar refractivity (Wildman–Crippen MR) is 119 cm³/mol. The normalized spacial score (nSPS) is 13.2. The second-order valence-electron chi connectivity index (χ2n) is 7.55. The summed E-state index contributed by atoms with van der Waals surface area (Å²) in [5.74, 6) is -0.703. The first-order valence-electron chi connectivity index (χ1n) is 10.6. The number of rotatable bonds is 9. The van der Waals surface area contributed by atoms with Crippen molar-refractivity contribution in [2.75, 3.05) is 0 Å². The van der Waals surface area contributed by atoms with Crippen LogP contribution in [0.2, 0.25) is 0 Å². The molecule has 0 aliphatic carbocycles. The Kier molecular flexibility index (Phi) is 6.99. The third-order valence-corrected chi connectivity index (χ3v) is 5.03. The van der Waals surface area contributed by atoms with Crippen molar-refractivity contribution in [3.8, 4) is 11.5 Å². The molecular weight excluding hydrogens is 422 g/mol. The lowest BCUT2D eigenvalue weighted by Gasteiger charge is -2.15. The number of nitrogens with zero attached hydrogens (tertiary/aromatic N) is 1. The van der Waals surface area contributed by atoms with Crippen molar-refractivity contribution in [3.05, 3.63) is 95.6 Å². The van der Waals surface area contributed by atoms with Gasteiger partial charge < -0.3 is 14.3 Å². The summed E-state index contributed by atoms with van der Waals surface area (Å²) < 4.78 is 12.0. The summed E-state index contributed by atoms with van der Waals surface area (Å²) in [6.45, 7) is 0.691. The Morgan fingerprint density at radius 1 is 0.697 bits per heavy atom. The van der Waals surface area contributed by atoms with E-state index in [2.05, 4.69) is 0 Å². The average Bonchev–Trinajstić information content (AvgIpc) is 3.15. The summed E-state index contributed by atoms with van der Waals surface area (Å²) in [7, 11) is 0. The van der Waals surface area contributed by atoms with Crippen LogP contribution in [0.4, 0.5) is 0 Å². The van der Waals surface area contributed by atoms with Crippen LogP contribution in [-0.2, 0) is 38.9 Å². The van der Waals surface area contributed by atoms with Crippen molar-refractivity contribution in [1.29, 1.82) is 0 Å². The summed E-state index contributed by atoms with van der Waals surface area (Å²) in [6.07, 6.45) is -0.0220. The highest BCUT2D eigenvalue weighted by Gasteiger charge is 2.32. The molecule has 1 heterocycles. The van der Waals surface area contributed by atoms with Crippen LogP contribution in [0.25, 0.3) is 0 Å². The number of carbonyl (C=O) groups is 3. The molecule has 1 fully saturated rings. The molecule has 0 aromatic heterocycles. The second kappa shape index (κ2) is 10.5. The first kappa shape index (κ1) is 22.1. The monoisotopic (exact) mass is 445 g/mol. The molecule has 3 aromatic rings. The Labute approximate surface area is 191 Å². The minimum atomic E-state index is -0.703. The first-order valence-corrected chi connectivity index (χ1v) is 10.6. The maximum Gasteiger partial charge on any atom is 0.337 e. The van der Waals surface area contributed by atoms with Gasteiger partial charge in [-0.25, -0.2) is 4.79 Å². The van der Waals surface area contributed by atoms with Gasteiger partial charge in [0.25, 0.3) is 11.8 Å². The number of hydrogen-bond donors (Lipinski definition) is 0. The zero-order valence-electron chi connectivity index (χ0n) is 17.9. The Hall–Kier alpha value is -4.13. The molecule has 33 heavy (non-hydrogen) atoms. The van der Waals surface area contributed by atoms with Crippen molar-refractivity contribution in [3.63, 3.8) is 0 Å². The van der Waals surface area contributed by atoms with Crippen LogP contribution in [0.5, 0.6) is 11.5 Å². The van der Waals surface area contributed by atoms with Crippen LogP contribution in [0, 0.1) is 0 Å². The molecule has 0 bridgehead atoms. The van der Waals surface area contributed by atoms with Gasteiger partial charge in [0, 0.05) is 12.8 Å². The molecule has 1 aliphatic rings. The number of hydrogen-bond acceptors (Lipinski definition) is 6. The molecule has 0 unspecified atom stereocenters. The van der Waals surface area contributed by atoms with E-state index in [0.717, 1.165) is 11.1 Å². The number of ether oxygens (including phenoxy) is 2. The van der Waals surface area contributed by atoms with E-state index in [4.69, 9.17) is 14.3 Å². The highest BCUT2D eigenvalue weighted by Crippen LogP contribution is 2.30. The largest absolute Gasteiger partial charge is 0.485 e. The van der Waals surface area contributed by atoms with Crippen LogP contribution in [0.3, 0.4) is 0 Å². The number of amides is 2. The summed E-state index contributed by atoms with van der Waals surface area (Å²) in [5, 5.41) is 0.548. The standard InChI is InChI=1S/C26H23NO6/c28-24-13-14-25(29)27(24)33-26(30)16-21-11-12-22(31-17-19-7-3-1-4-8-19)23(15-21)32-18-20-9-5-2-6-10-20/h1-12,15H,13-14,16-18H2. The lowest BCUT2D eigenvalue weighted by molar-refractivity contribution is -0.197. The molecule has 4 rings (SSSR count). The molecule has 7 nitrogen and oxygen atoms in total. The fraction of sp³-hybridized carbons (Fsp3) is 0.192. The number of benzene rings is 3. The van der Waals surface area contributed by atoms with Crippen LogP contribution in [-0.4, -0.2) is 22.8 Å². The van der Waals surface area contributed by atoms with Gasteiger partial charge in [-0.15, -0.1) is 5.06 Å². The molecule has 7 heteroatoms. The average molecular weight is 445 g/mol. The van der Waals surface area contributed by atoms with Crippen LogP contribution in [0.1, 0.15) is 29.5 Å². The lowest BCUT2D eigenvalue weighted by atomic mass is 10.1. The molecule has 0 N–H and O–H groups in total. The molecule has 1 saturated heterocycles. The molecule has 0 spiro atoms. The number of carbonyl (C=O) groups excluding carboxylic acids is 3. The van der Waals surface area contributed by atoms with Gasteiger partial charge in [0.15, 0.2) is 11.5 Å². The van der Waals surface area contributed by atoms with E-state index in [9.17, 15) is 14.4 Å². The third-order valence-electron chi connectivity index (χ3n) is 5.03. The minimum Gasteiger partial charge on any atom is -0.485 e. The van der Waals surface area contributed by atoms with E-state index in [1.165, 1.54) is 0 Å². The second-order valence-corrected chi connectivity index (χ2v) is 7.55. The summed E-state index contributed by atoms with van der Waals surface area (Å²) >= 11 is 0. The predicted octanol–water partition coefficient (Wildman–Crippen LogP) is 3.99. The van der Waals surface area contributed by atoms with Crippen LogP contribution >= 0.6 is 0 Å². The lowest BCUT2D eigenvalue weighted by Crippen LogP contribution is -2.32. The van der Waals surface area contributed by atoms with Gasteiger partial charge in [-0.2, -0.15) is 0 Å². The molecule has 0 saturated carbocycles. The Balaban J connectivity index is 1.47. The smallest absolute Gasteiger partial charge is 0.337 e. The summed E-state index contributed by atoms with van der Waals surface area (Å²) in [4.78, 5) is 40.6. The fourth-order valence-corrected chi connectivity index (χ4v) is 3.32. The van der Waals surface area contributed by atoms with Gasteiger partial charge in [0.1, 0.15) is 13.2 Å². The van der Waals surface area contributed by atoms with Gasteiger partial charge in [-0.1, -0.05) is 66.7 Å². The van der Waals surface area contributed by atoms with E-state index in [-0.39, 0.29) is 19.3 Å². The van der Waals surface area contributed by atoms with Gasteiger partial charge >= 0.3 is 5.97 Å². The van der Waals surface area contributed by atoms with Crippen molar-refractivity contribution >= 4 is 17.8 Å². The van der Waals surface area contributed by atoms with Gasteiger partial charge in [0.2, 0.25) is 0 Å². The molecule has 0 radical (unpaired) electrons. The van der Waals surface area contributed by atoms with Gasteiger partial charge in [-0.3, -0.25) is 9.59 Å². The van der Waals surface area contributed by atoms with E-state index in [0.29, 0.717) is 35.3 Å². The van der Waals surface area contributed by atoms with E-state index in [1.54, 1.807) is 18.2 Å². The summed E-state index contributed by atoms with van der Waals surface area (Å²) in [5.41, 5.74) is 2.61. The van der Waals surface area contributed by atoms with Crippen molar-refractivity contribution in [2.45, 2.75) is 32.5 Å². The van der Waals surface area contributed by atoms with Crippen molar-refractivity contribution in [2.24, 2.45) is 0 Å². The molecule has 2 amide bonds. The molecule has 0 atom stereocenters. The van der Waals surface area contributed by atoms with Crippen LogP contribution < -0.4 is 9.47 Å². The number of imide groups is 1. The van der Waals surface area contributed by atoms with E-state index < -0.39 is 17.8 Å². The maximum atomic E-state index is 12.3. The topological polar surface area (TPSA) is 82.1 Å². The minimum absolute atomic E-state index is 0.0526. The number of hydroxylamine groups is 2. The Bertz CT molecular complexity index is 1110. The van der Waals surface area contributed by atoms with Crippen molar-refractivity contribution in [1.82, 2.24) is 5.06 Å². The van der Waals surface area contributed by atoms with Gasteiger partial charge in [-0.05, 0) is 28.8 Å². The quantitative estimate of drug-likeness (QED) is 0.463. The Morgan fingerprint density at radius 3 is 1.82 bits per heavy atom. The highest BCUT2D eigenvalue weighted by molar-refractivity contribution is 6.01. The zero-order valence-corrected chi connectivity index (χ0v) is 17.9. The first-order chi connectivity index (χ1) is 16.1.